The van der Waals surface area contributed by atoms with Gasteiger partial charge in [-0.05, 0) is 31.2 Å². The summed E-state index contributed by atoms with van der Waals surface area (Å²) in [5.74, 6) is 0.106. The molecular formula is C16H19FN2O3S. The summed E-state index contributed by atoms with van der Waals surface area (Å²) in [6.45, 7) is 1.83. The molecule has 7 heteroatoms. The van der Waals surface area contributed by atoms with Crippen molar-refractivity contribution in [2.24, 2.45) is 0 Å². The van der Waals surface area contributed by atoms with Crippen LogP contribution in [0.4, 0.5) is 15.8 Å². The average Bonchev–Trinajstić information content (AvgIpc) is 2.46. The molecule has 0 saturated carbocycles. The smallest absolute Gasteiger partial charge is 0.229 e. The number of hydrogen-bond donors (Lipinski definition) is 2. The summed E-state index contributed by atoms with van der Waals surface area (Å²) in [6, 6.07) is 11.2. The van der Waals surface area contributed by atoms with Crippen LogP contribution < -0.4 is 14.8 Å². The molecule has 0 spiro atoms. The van der Waals surface area contributed by atoms with Crippen molar-refractivity contribution < 1.29 is 17.5 Å². The van der Waals surface area contributed by atoms with E-state index in [2.05, 4.69) is 10.0 Å². The Hall–Kier alpha value is -2.28. The molecule has 0 aliphatic carbocycles. The van der Waals surface area contributed by atoms with Gasteiger partial charge in [0.2, 0.25) is 10.0 Å². The Morgan fingerprint density at radius 1 is 1.17 bits per heavy atom. The van der Waals surface area contributed by atoms with E-state index in [1.165, 1.54) is 13.2 Å². The molecule has 2 aromatic carbocycles. The zero-order valence-electron chi connectivity index (χ0n) is 13.1. The van der Waals surface area contributed by atoms with Gasteiger partial charge in [-0.25, -0.2) is 12.8 Å². The van der Waals surface area contributed by atoms with Gasteiger partial charge in [-0.1, -0.05) is 18.2 Å². The van der Waals surface area contributed by atoms with Crippen LogP contribution in [-0.2, 0) is 10.0 Å². The number of halogens is 1. The molecule has 2 rings (SSSR count). The van der Waals surface area contributed by atoms with E-state index in [0.29, 0.717) is 22.7 Å². The van der Waals surface area contributed by atoms with Crippen LogP contribution in [0.3, 0.4) is 0 Å². The van der Waals surface area contributed by atoms with Gasteiger partial charge < -0.3 is 10.1 Å². The minimum atomic E-state index is -3.43. The predicted octanol–water partition coefficient (Wildman–Crippen LogP) is 3.38. The Morgan fingerprint density at radius 3 is 2.48 bits per heavy atom. The van der Waals surface area contributed by atoms with Crippen molar-refractivity contribution in [3.05, 3.63) is 53.8 Å². The molecular weight excluding hydrogens is 319 g/mol. The second-order valence-electron chi connectivity index (χ2n) is 5.18. The molecule has 0 fully saturated rings. The first kappa shape index (κ1) is 17.1. The van der Waals surface area contributed by atoms with Crippen LogP contribution in [0.5, 0.6) is 5.75 Å². The highest BCUT2D eigenvalue weighted by atomic mass is 32.2. The van der Waals surface area contributed by atoms with Crippen molar-refractivity contribution in [2.75, 3.05) is 23.4 Å². The largest absolute Gasteiger partial charge is 0.495 e. The standard InChI is InChI=1S/C16H19FN2O3S/c1-11(13-6-4-5-7-14(13)17)18-12-8-9-16(22-2)15(10-12)19-23(3,20)21/h4-11,18-19H,1-3H3. The zero-order valence-corrected chi connectivity index (χ0v) is 13.9. The zero-order chi connectivity index (χ0) is 17.0. The molecule has 0 bridgehead atoms. The molecule has 0 aliphatic rings. The van der Waals surface area contributed by atoms with E-state index in [-0.39, 0.29) is 11.9 Å². The Kier molecular flexibility index (Phi) is 5.10. The summed E-state index contributed by atoms with van der Waals surface area (Å²) in [6.07, 6.45) is 1.06. The molecule has 2 aromatic rings. The lowest BCUT2D eigenvalue weighted by Crippen LogP contribution is -2.12. The normalized spacial score (nSPS) is 12.5. The summed E-state index contributed by atoms with van der Waals surface area (Å²) in [5.41, 5.74) is 1.49. The van der Waals surface area contributed by atoms with Crippen LogP contribution in [0, 0.1) is 5.82 Å². The minimum absolute atomic E-state index is 0.282. The number of methoxy groups -OCH3 is 1. The maximum Gasteiger partial charge on any atom is 0.229 e. The first-order valence-corrected chi connectivity index (χ1v) is 8.86. The fourth-order valence-corrected chi connectivity index (χ4v) is 2.79. The number of ether oxygens (including phenoxy) is 1. The van der Waals surface area contributed by atoms with E-state index >= 15 is 0 Å². The first-order valence-electron chi connectivity index (χ1n) is 6.97. The molecule has 2 N–H and O–H groups in total. The molecule has 124 valence electrons. The quantitative estimate of drug-likeness (QED) is 0.847. The van der Waals surface area contributed by atoms with Crippen molar-refractivity contribution in [1.82, 2.24) is 0 Å². The molecule has 5 nitrogen and oxygen atoms in total. The molecule has 0 aliphatic heterocycles. The summed E-state index contributed by atoms with van der Waals surface area (Å²) < 4.78 is 44.2. The van der Waals surface area contributed by atoms with Crippen LogP contribution in [0.2, 0.25) is 0 Å². The Labute approximate surface area is 135 Å². The fourth-order valence-electron chi connectivity index (χ4n) is 2.23. The number of rotatable bonds is 6. The molecule has 1 atom stereocenters. The highest BCUT2D eigenvalue weighted by Crippen LogP contribution is 2.30. The number of hydrogen-bond acceptors (Lipinski definition) is 4. The summed E-state index contributed by atoms with van der Waals surface area (Å²) in [7, 11) is -1.98. The Morgan fingerprint density at radius 2 is 1.87 bits per heavy atom. The fraction of sp³-hybridized carbons (Fsp3) is 0.250. The molecule has 0 amide bonds. The number of sulfonamides is 1. The summed E-state index contributed by atoms with van der Waals surface area (Å²) in [5, 5.41) is 3.15. The topological polar surface area (TPSA) is 67.4 Å². The van der Waals surface area contributed by atoms with Gasteiger partial charge in [0.05, 0.1) is 25.1 Å². The SMILES string of the molecule is COc1ccc(NC(C)c2ccccc2F)cc1NS(C)(=O)=O. The monoisotopic (exact) mass is 338 g/mol. The van der Waals surface area contributed by atoms with E-state index < -0.39 is 10.0 Å². The summed E-state index contributed by atoms with van der Waals surface area (Å²) in [4.78, 5) is 0. The van der Waals surface area contributed by atoms with Crippen LogP contribution in [0.25, 0.3) is 0 Å². The molecule has 23 heavy (non-hydrogen) atoms. The highest BCUT2D eigenvalue weighted by molar-refractivity contribution is 7.92. The van der Waals surface area contributed by atoms with Crippen molar-refractivity contribution in [3.63, 3.8) is 0 Å². The highest BCUT2D eigenvalue weighted by Gasteiger charge is 2.13. The molecule has 0 radical (unpaired) electrons. The molecule has 0 heterocycles. The van der Waals surface area contributed by atoms with Gasteiger partial charge in [0.1, 0.15) is 11.6 Å². The van der Waals surface area contributed by atoms with Crippen LogP contribution in [0.15, 0.2) is 42.5 Å². The van der Waals surface area contributed by atoms with Gasteiger partial charge in [-0.2, -0.15) is 0 Å². The second-order valence-corrected chi connectivity index (χ2v) is 6.93. The van der Waals surface area contributed by atoms with Gasteiger partial charge in [0.15, 0.2) is 0 Å². The van der Waals surface area contributed by atoms with Gasteiger partial charge in [-0.3, -0.25) is 4.72 Å². The van der Waals surface area contributed by atoms with Crippen molar-refractivity contribution in [2.45, 2.75) is 13.0 Å². The van der Waals surface area contributed by atoms with E-state index in [9.17, 15) is 12.8 Å². The lowest BCUT2D eigenvalue weighted by molar-refractivity contribution is 0.417. The van der Waals surface area contributed by atoms with Crippen LogP contribution in [0.1, 0.15) is 18.5 Å². The third-order valence-electron chi connectivity index (χ3n) is 3.25. The van der Waals surface area contributed by atoms with Crippen LogP contribution in [-0.4, -0.2) is 21.8 Å². The number of benzene rings is 2. The third-order valence-corrected chi connectivity index (χ3v) is 3.84. The second kappa shape index (κ2) is 6.87. The average molecular weight is 338 g/mol. The van der Waals surface area contributed by atoms with Gasteiger partial charge >= 0.3 is 0 Å². The first-order chi connectivity index (χ1) is 10.8. The molecule has 0 aromatic heterocycles. The lowest BCUT2D eigenvalue weighted by atomic mass is 10.1. The maximum atomic E-state index is 13.8. The minimum Gasteiger partial charge on any atom is -0.495 e. The van der Waals surface area contributed by atoms with Gasteiger partial charge in [0.25, 0.3) is 0 Å². The van der Waals surface area contributed by atoms with Crippen LogP contribution >= 0.6 is 0 Å². The third kappa shape index (κ3) is 4.59. The van der Waals surface area contributed by atoms with E-state index in [1.54, 1.807) is 36.4 Å². The Balaban J connectivity index is 2.27. The molecule has 0 saturated heterocycles. The Bertz CT molecular complexity index is 794. The molecule has 1 unspecified atom stereocenters. The van der Waals surface area contributed by atoms with Crippen molar-refractivity contribution in [1.29, 1.82) is 0 Å². The predicted molar refractivity (Wildman–Crippen MR) is 89.9 cm³/mol. The van der Waals surface area contributed by atoms with E-state index in [4.69, 9.17) is 4.74 Å². The maximum absolute atomic E-state index is 13.8. The number of nitrogens with one attached hydrogen (secondary N) is 2. The summed E-state index contributed by atoms with van der Waals surface area (Å²) >= 11 is 0. The van der Waals surface area contributed by atoms with Crippen molar-refractivity contribution >= 4 is 21.4 Å². The van der Waals surface area contributed by atoms with E-state index in [1.807, 2.05) is 6.92 Å². The van der Waals surface area contributed by atoms with Gasteiger partial charge in [-0.15, -0.1) is 0 Å². The van der Waals surface area contributed by atoms with Crippen molar-refractivity contribution in [3.8, 4) is 5.75 Å². The lowest BCUT2D eigenvalue weighted by Gasteiger charge is -2.18. The number of anilines is 2. The van der Waals surface area contributed by atoms with Gasteiger partial charge in [0, 0.05) is 11.3 Å². The van der Waals surface area contributed by atoms with E-state index in [0.717, 1.165) is 6.26 Å².